The van der Waals surface area contributed by atoms with Crippen LogP contribution < -0.4 is 0 Å². The van der Waals surface area contributed by atoms with E-state index in [4.69, 9.17) is 0 Å². The van der Waals surface area contributed by atoms with Crippen LogP contribution in [0.4, 0.5) is 0 Å². The summed E-state index contributed by atoms with van der Waals surface area (Å²) >= 11 is 0. The maximum absolute atomic E-state index is 10.0. The minimum absolute atomic E-state index is 0. The van der Waals surface area contributed by atoms with Gasteiger partial charge < -0.3 is 0 Å². The van der Waals surface area contributed by atoms with E-state index in [1.165, 1.54) is 13.8 Å². The molecule has 0 bridgehead atoms. The topological polar surface area (TPSA) is 34.1 Å². The third-order valence-corrected chi connectivity index (χ3v) is 0.498. The summed E-state index contributed by atoms with van der Waals surface area (Å²) in [5, 5.41) is 0. The summed E-state index contributed by atoms with van der Waals surface area (Å²) in [6, 6.07) is 0. The van der Waals surface area contributed by atoms with Gasteiger partial charge in [-0.05, 0) is 13.8 Å². The van der Waals surface area contributed by atoms with Crippen molar-refractivity contribution in [1.29, 1.82) is 0 Å². The average Bonchev–Trinajstić information content (AvgIpc) is 1.27. The van der Waals surface area contributed by atoms with E-state index >= 15 is 0 Å². The summed E-state index contributed by atoms with van der Waals surface area (Å²) in [5.41, 5.74) is 0. The first kappa shape index (κ1) is 11.1. The second-order valence-corrected chi connectivity index (χ2v) is 1.58. The minimum atomic E-state index is -0.0625. The molecule has 0 aliphatic carbocycles. The van der Waals surface area contributed by atoms with Crippen LogP contribution in [0.15, 0.2) is 0 Å². The summed E-state index contributed by atoms with van der Waals surface area (Å²) in [6.45, 7) is 2.81. The molecule has 0 fully saturated rings. The first-order valence-electron chi connectivity index (χ1n) is 2.12. The predicted molar refractivity (Wildman–Crippen MR) is 34.5 cm³/mol. The van der Waals surface area contributed by atoms with Crippen LogP contribution in [0, 0.1) is 0 Å². The molecule has 0 atom stereocenters. The number of ketones is 2. The van der Waals surface area contributed by atoms with Crippen molar-refractivity contribution in [1.82, 2.24) is 0 Å². The summed E-state index contributed by atoms with van der Waals surface area (Å²) < 4.78 is 0. The van der Waals surface area contributed by atoms with Crippen molar-refractivity contribution in [2.24, 2.45) is 0 Å². The SMILES string of the molecule is CC(=O)CC(C)=O.[PbH2]. The van der Waals surface area contributed by atoms with Crippen LogP contribution >= 0.6 is 0 Å². The van der Waals surface area contributed by atoms with Crippen LogP contribution in [0.3, 0.4) is 0 Å². The number of rotatable bonds is 2. The molecule has 0 rings (SSSR count). The van der Waals surface area contributed by atoms with Gasteiger partial charge in [-0.1, -0.05) is 0 Å². The number of carbonyl (C=O) groups excluding carboxylic acids is 2. The Morgan fingerprint density at radius 1 is 1.12 bits per heavy atom. The molecule has 2 radical (unpaired) electrons. The van der Waals surface area contributed by atoms with Gasteiger partial charge in [-0.15, -0.1) is 0 Å². The molecule has 0 heterocycles. The zero-order valence-corrected chi connectivity index (χ0v) is 10.7. The van der Waals surface area contributed by atoms with Gasteiger partial charge in [0.15, 0.2) is 0 Å². The van der Waals surface area contributed by atoms with E-state index in [0.717, 1.165) is 0 Å². The molecule has 0 aliphatic heterocycles. The molecule has 2 nitrogen and oxygen atoms in total. The molecule has 0 spiro atoms. The Bertz CT molecular complexity index is 86.6. The van der Waals surface area contributed by atoms with Gasteiger partial charge in [-0.2, -0.15) is 0 Å². The monoisotopic (exact) mass is 310 g/mol. The van der Waals surface area contributed by atoms with Crippen molar-refractivity contribution < 1.29 is 9.59 Å². The van der Waals surface area contributed by atoms with Crippen molar-refractivity contribution in [3.8, 4) is 0 Å². The standard InChI is InChI=1S/C5H8O2.Pb.2H/c1-4(6)3-5(2)7;;;/h3H2,1-2H3;;;. The van der Waals surface area contributed by atoms with Crippen LogP contribution in [-0.2, 0) is 9.59 Å². The fourth-order valence-corrected chi connectivity index (χ4v) is 0.351. The van der Waals surface area contributed by atoms with Gasteiger partial charge >= 0.3 is 27.3 Å². The van der Waals surface area contributed by atoms with E-state index < -0.39 is 0 Å². The van der Waals surface area contributed by atoms with Gasteiger partial charge in [0.25, 0.3) is 0 Å². The van der Waals surface area contributed by atoms with E-state index in [-0.39, 0.29) is 45.3 Å². The van der Waals surface area contributed by atoms with E-state index in [9.17, 15) is 9.59 Å². The number of carbonyl (C=O) groups is 2. The fourth-order valence-electron chi connectivity index (χ4n) is 0.351. The normalized spacial score (nSPS) is 7.25. The summed E-state index contributed by atoms with van der Waals surface area (Å²) in [5.74, 6) is -0.125. The third-order valence-electron chi connectivity index (χ3n) is 0.498. The molecular weight excluding hydrogens is 299 g/mol. The van der Waals surface area contributed by atoms with Gasteiger partial charge in [0, 0.05) is 0 Å². The van der Waals surface area contributed by atoms with Crippen molar-refractivity contribution in [2.75, 3.05) is 0 Å². The molecule has 0 unspecified atom stereocenters. The van der Waals surface area contributed by atoms with Gasteiger partial charge in [0.05, 0.1) is 6.42 Å². The Hall–Kier alpha value is 0.262. The third kappa shape index (κ3) is 9.55. The Morgan fingerprint density at radius 2 is 1.38 bits per heavy atom. The molecule has 8 heavy (non-hydrogen) atoms. The summed E-state index contributed by atoms with van der Waals surface area (Å²) in [7, 11) is 0. The zero-order chi connectivity index (χ0) is 5.86. The molecule has 0 saturated heterocycles. The van der Waals surface area contributed by atoms with Crippen molar-refractivity contribution >= 4 is 38.9 Å². The molecule has 0 aromatic rings. The van der Waals surface area contributed by atoms with Gasteiger partial charge in [0.1, 0.15) is 11.6 Å². The molecule has 3 heteroatoms. The molecule has 0 N–H and O–H groups in total. The quantitative estimate of drug-likeness (QED) is 0.516. The number of Topliss-reactive ketones (excluding diaryl/α,β-unsaturated/α-hetero) is 2. The Morgan fingerprint density at radius 3 is 1.38 bits per heavy atom. The van der Waals surface area contributed by atoms with E-state index in [0.29, 0.717) is 0 Å². The second-order valence-electron chi connectivity index (χ2n) is 1.58. The summed E-state index contributed by atoms with van der Waals surface area (Å²) in [6.07, 6.45) is 0.0833. The van der Waals surface area contributed by atoms with Crippen molar-refractivity contribution in [3.05, 3.63) is 0 Å². The van der Waals surface area contributed by atoms with Crippen LogP contribution in [0.1, 0.15) is 20.3 Å². The maximum atomic E-state index is 10.0. The van der Waals surface area contributed by atoms with E-state index in [2.05, 4.69) is 0 Å². The van der Waals surface area contributed by atoms with Crippen molar-refractivity contribution in [3.63, 3.8) is 0 Å². The molecule has 46 valence electrons. The van der Waals surface area contributed by atoms with Gasteiger partial charge in [-0.3, -0.25) is 9.59 Å². The second kappa shape index (κ2) is 5.40. The number of hydrogen-bond donors (Lipinski definition) is 0. The van der Waals surface area contributed by atoms with E-state index in [1.54, 1.807) is 0 Å². The predicted octanol–water partition coefficient (Wildman–Crippen LogP) is -0.362. The fraction of sp³-hybridized carbons (Fsp3) is 0.600. The molecule has 0 aromatic heterocycles. The summed E-state index contributed by atoms with van der Waals surface area (Å²) in [4.78, 5) is 20.1. The van der Waals surface area contributed by atoms with Gasteiger partial charge in [0.2, 0.25) is 0 Å². The first-order valence-corrected chi connectivity index (χ1v) is 2.12. The Labute approximate surface area is 68.8 Å². The average molecular weight is 309 g/mol. The molecule has 0 aliphatic rings. The van der Waals surface area contributed by atoms with Gasteiger partial charge in [-0.25, -0.2) is 0 Å². The molecular formula is C5H10O2Pb. The van der Waals surface area contributed by atoms with Crippen molar-refractivity contribution in [2.45, 2.75) is 20.3 Å². The van der Waals surface area contributed by atoms with Crippen LogP contribution in [0.5, 0.6) is 0 Å². The zero-order valence-electron chi connectivity index (χ0n) is 5.23. The molecule has 0 amide bonds. The number of hydrogen-bond acceptors (Lipinski definition) is 2. The van der Waals surface area contributed by atoms with E-state index in [1.807, 2.05) is 0 Å². The Kier molecular flexibility index (Phi) is 7.50. The Balaban J connectivity index is 0. The first-order chi connectivity index (χ1) is 3.13. The van der Waals surface area contributed by atoms with Crippen LogP contribution in [-0.4, -0.2) is 38.9 Å². The van der Waals surface area contributed by atoms with Crippen LogP contribution in [0.2, 0.25) is 0 Å². The molecule has 0 saturated carbocycles. The molecule has 0 aromatic carbocycles. The van der Waals surface area contributed by atoms with Crippen LogP contribution in [0.25, 0.3) is 0 Å².